The Morgan fingerprint density at radius 1 is 1.50 bits per heavy atom. The molecule has 0 atom stereocenters. The summed E-state index contributed by atoms with van der Waals surface area (Å²) in [5.74, 6) is 0. The highest BCUT2D eigenvalue weighted by atomic mass is 127. The van der Waals surface area contributed by atoms with Gasteiger partial charge in [-0.25, -0.2) is 0 Å². The van der Waals surface area contributed by atoms with Crippen molar-refractivity contribution in [2.45, 2.75) is 0 Å². The minimum Gasteiger partial charge on any atom is -0.0726 e. The number of hydrogen-bond acceptors (Lipinski definition) is 0. The second-order valence-corrected chi connectivity index (χ2v) is 16.3. The Kier molecular flexibility index (Phi) is 5.21. The summed E-state index contributed by atoms with van der Waals surface area (Å²) in [6, 6.07) is 0. The minimum atomic E-state index is -0.208. The van der Waals surface area contributed by atoms with Crippen molar-refractivity contribution in [2.24, 2.45) is 0 Å². The summed E-state index contributed by atoms with van der Waals surface area (Å²) >= 11 is 9.63. The highest BCUT2D eigenvalue weighted by Gasteiger charge is 1.77. The molecule has 0 amide bonds. The second-order valence-electron chi connectivity index (χ2n) is 0.192. The first-order valence-corrected chi connectivity index (χ1v) is 8.32. The molecule has 0 bridgehead atoms. The smallest absolute Gasteiger partial charge is 0.0726 e. The van der Waals surface area contributed by atoms with Crippen LogP contribution in [0.2, 0.25) is 0 Å². The molecule has 0 heterocycles. The van der Waals surface area contributed by atoms with Crippen LogP contribution in [0.25, 0.3) is 0 Å². The van der Waals surface area contributed by atoms with E-state index in [1.54, 1.807) is 0 Å². The van der Waals surface area contributed by atoms with Crippen LogP contribution in [0.5, 0.6) is 0 Å². The number of rotatable bonds is 0. The summed E-state index contributed by atoms with van der Waals surface area (Å²) in [5.41, 5.74) is 0. The molecule has 0 spiro atoms. The van der Waals surface area contributed by atoms with E-state index in [0.717, 1.165) is 0 Å². The van der Waals surface area contributed by atoms with Gasteiger partial charge in [0, 0.05) is 0 Å². The van der Waals surface area contributed by atoms with Crippen LogP contribution in [0.3, 0.4) is 0 Å². The second kappa shape index (κ2) is 3.37. The topological polar surface area (TPSA) is 0 Å². The van der Waals surface area contributed by atoms with E-state index in [1.807, 2.05) is 0 Å². The summed E-state index contributed by atoms with van der Waals surface area (Å²) in [4.78, 5) is 0. The fourth-order valence-electron chi connectivity index (χ4n) is 0. The van der Waals surface area contributed by atoms with Crippen molar-refractivity contribution in [1.29, 1.82) is 0 Å². The van der Waals surface area contributed by atoms with Crippen molar-refractivity contribution < 1.29 is 0 Å². The third-order valence-corrected chi connectivity index (χ3v) is 0. The summed E-state index contributed by atoms with van der Waals surface area (Å²) in [5, 5.41) is 0. The van der Waals surface area contributed by atoms with E-state index in [2.05, 4.69) is 44.1 Å². The molecular formula is ClI2P. The Hall–Kier alpha value is 2.18. The highest BCUT2D eigenvalue weighted by molar-refractivity contribution is 14.3. The van der Waals surface area contributed by atoms with Crippen LogP contribution < -0.4 is 0 Å². The molecule has 0 aliphatic carbocycles. The minimum absolute atomic E-state index is 0.208. The van der Waals surface area contributed by atoms with Gasteiger partial charge in [0.2, 0.25) is 0 Å². The van der Waals surface area contributed by atoms with Gasteiger partial charge in [0.1, 0.15) is 2.56 Å². The van der Waals surface area contributed by atoms with E-state index >= 15 is 0 Å². The maximum absolute atomic E-state index is 5.31. The Morgan fingerprint density at radius 2 is 1.50 bits per heavy atom. The molecule has 4 heavy (non-hydrogen) atoms. The van der Waals surface area contributed by atoms with Gasteiger partial charge >= 0.3 is 0 Å². The van der Waals surface area contributed by atoms with Crippen molar-refractivity contribution in [2.75, 3.05) is 0 Å². The molecular weight excluding hydrogens is 320 g/mol. The Labute approximate surface area is 57.2 Å². The van der Waals surface area contributed by atoms with E-state index < -0.39 is 0 Å². The van der Waals surface area contributed by atoms with Gasteiger partial charge in [-0.2, -0.15) is 0 Å². The number of hydrogen-bond donors (Lipinski definition) is 0. The molecule has 0 aromatic carbocycles. The van der Waals surface area contributed by atoms with Crippen molar-refractivity contribution in [3.05, 3.63) is 0 Å². The molecule has 0 nitrogen and oxygen atoms in total. The molecule has 0 saturated carbocycles. The van der Waals surface area contributed by atoms with Crippen LogP contribution in [-0.4, -0.2) is 0 Å². The summed E-state index contributed by atoms with van der Waals surface area (Å²) in [6.45, 7) is 0. The van der Waals surface area contributed by atoms with Gasteiger partial charge in [0.05, 0.1) is 0 Å². The van der Waals surface area contributed by atoms with Gasteiger partial charge in [0.15, 0.2) is 0 Å². The standard InChI is InChI=1S/ClI2P/c1-4(2)3. The third kappa shape index (κ3) is 8.89. The summed E-state index contributed by atoms with van der Waals surface area (Å²) in [7, 11) is 0. The molecule has 0 aromatic rings. The average Bonchev–Trinajstić information content (AvgIpc) is 0.811. The van der Waals surface area contributed by atoms with Crippen molar-refractivity contribution in [3.63, 3.8) is 0 Å². The van der Waals surface area contributed by atoms with Gasteiger partial charge in [-0.05, 0) is 44.1 Å². The van der Waals surface area contributed by atoms with Crippen LogP contribution in [0, 0.1) is 0 Å². The van der Waals surface area contributed by atoms with Gasteiger partial charge < -0.3 is 0 Å². The zero-order valence-electron chi connectivity index (χ0n) is 1.58. The predicted molar refractivity (Wildman–Crippen MR) is 40.8 cm³/mol. The van der Waals surface area contributed by atoms with E-state index in [0.29, 0.717) is 0 Å². The van der Waals surface area contributed by atoms with Crippen LogP contribution in [0.4, 0.5) is 0 Å². The SMILES string of the molecule is ClP(I)I. The first kappa shape index (κ1) is 6.18. The zero-order valence-corrected chi connectivity index (χ0v) is 7.55. The Bertz CT molecular complexity index is 10.8. The van der Waals surface area contributed by atoms with E-state index in [-0.39, 0.29) is 2.56 Å². The quantitative estimate of drug-likeness (QED) is 0.474. The molecule has 0 aliphatic heterocycles. The molecule has 26 valence electrons. The van der Waals surface area contributed by atoms with Gasteiger partial charge in [-0.3, -0.25) is 0 Å². The lowest BCUT2D eigenvalue weighted by Crippen LogP contribution is -0.893. The largest absolute Gasteiger partial charge is 0.119 e. The molecule has 0 unspecified atom stereocenters. The molecule has 0 aromatic heterocycles. The van der Waals surface area contributed by atoms with Gasteiger partial charge in [0.25, 0.3) is 0 Å². The fraction of sp³-hybridized carbons (Fsp3) is 0. The Morgan fingerprint density at radius 3 is 1.50 bits per heavy atom. The fourth-order valence-corrected chi connectivity index (χ4v) is 0. The normalized spacial score (nSPS) is 9.00. The monoisotopic (exact) mass is 320 g/mol. The zero-order chi connectivity index (χ0) is 3.58. The highest BCUT2D eigenvalue weighted by Crippen LogP contribution is 2.58. The van der Waals surface area contributed by atoms with Gasteiger partial charge in [-0.1, -0.05) is 11.2 Å². The first-order valence-electron chi connectivity index (χ1n) is 0.507. The first-order chi connectivity index (χ1) is 1.73. The van der Waals surface area contributed by atoms with E-state index in [4.69, 9.17) is 11.2 Å². The molecule has 0 aliphatic rings. The van der Waals surface area contributed by atoms with E-state index in [1.165, 1.54) is 0 Å². The van der Waals surface area contributed by atoms with Crippen molar-refractivity contribution >= 4 is 57.9 Å². The van der Waals surface area contributed by atoms with Crippen molar-refractivity contribution in [1.82, 2.24) is 0 Å². The van der Waals surface area contributed by atoms with Crippen LogP contribution in [0.15, 0.2) is 0 Å². The molecule has 0 saturated heterocycles. The lowest BCUT2D eigenvalue weighted by atomic mass is 30.7. The molecule has 4 heteroatoms. The lowest BCUT2D eigenvalue weighted by Gasteiger charge is -1.69. The van der Waals surface area contributed by atoms with Crippen LogP contribution >= 0.6 is 57.9 Å². The maximum atomic E-state index is 5.31. The molecule has 0 fully saturated rings. The molecule has 0 N–H and O–H groups in total. The molecule has 0 rings (SSSR count). The van der Waals surface area contributed by atoms with Crippen molar-refractivity contribution in [3.8, 4) is 0 Å². The average molecular weight is 320 g/mol. The van der Waals surface area contributed by atoms with E-state index in [9.17, 15) is 0 Å². The summed E-state index contributed by atoms with van der Waals surface area (Å²) < 4.78 is -0.208. The molecule has 0 radical (unpaired) electrons. The Balaban J connectivity index is 2.32. The van der Waals surface area contributed by atoms with Crippen LogP contribution in [-0.2, 0) is 0 Å². The number of halogens is 3. The van der Waals surface area contributed by atoms with Gasteiger partial charge in [-0.15, -0.1) is 0 Å². The maximum Gasteiger partial charge on any atom is 0.119 e. The third-order valence-electron chi connectivity index (χ3n) is 0. The summed E-state index contributed by atoms with van der Waals surface area (Å²) in [6.07, 6.45) is 0. The lowest BCUT2D eigenvalue weighted by molar-refractivity contribution is 5.19. The van der Waals surface area contributed by atoms with Crippen LogP contribution in [0.1, 0.15) is 0 Å². The predicted octanol–water partition coefficient (Wildman–Crippen LogP) is 3.32.